The Morgan fingerprint density at radius 3 is 2.55 bits per heavy atom. The summed E-state index contributed by atoms with van der Waals surface area (Å²) >= 11 is 3.11. The molecule has 2 rings (SSSR count). The van der Waals surface area contributed by atoms with Crippen LogP contribution in [-0.2, 0) is 0 Å². The van der Waals surface area contributed by atoms with E-state index in [9.17, 15) is 4.79 Å². The van der Waals surface area contributed by atoms with Crippen molar-refractivity contribution in [2.75, 3.05) is 31.4 Å². The molecule has 1 aliphatic rings. The molecular weight excluding hydrogens is 290 g/mol. The molecule has 1 aromatic heterocycles. The first-order chi connectivity index (χ1) is 9.54. The first-order valence-electron chi connectivity index (χ1n) is 6.99. The molecule has 112 valence electrons. The number of hydrogen-bond donors (Lipinski definition) is 2. The van der Waals surface area contributed by atoms with E-state index in [4.69, 9.17) is 5.73 Å². The van der Waals surface area contributed by atoms with Gasteiger partial charge in [-0.15, -0.1) is 23.1 Å². The second kappa shape index (κ2) is 6.72. The lowest BCUT2D eigenvalue weighted by Gasteiger charge is -2.23. The predicted octanol–water partition coefficient (Wildman–Crippen LogP) is 3.50. The zero-order chi connectivity index (χ0) is 14.7. The first kappa shape index (κ1) is 15.5. The molecule has 1 aliphatic carbocycles. The minimum Gasteiger partial charge on any atom is -0.396 e. The largest absolute Gasteiger partial charge is 0.396 e. The lowest BCUT2D eigenvalue weighted by atomic mass is 9.96. The maximum Gasteiger partial charge on any atom is 0.265 e. The van der Waals surface area contributed by atoms with Crippen LogP contribution in [0.5, 0.6) is 0 Å². The average molecular weight is 313 g/mol. The van der Waals surface area contributed by atoms with Crippen LogP contribution in [0.3, 0.4) is 0 Å². The van der Waals surface area contributed by atoms with Crippen molar-refractivity contribution >= 4 is 39.7 Å². The molecule has 3 N–H and O–H groups in total. The van der Waals surface area contributed by atoms with E-state index in [-0.39, 0.29) is 5.91 Å². The van der Waals surface area contributed by atoms with Crippen molar-refractivity contribution in [3.8, 4) is 0 Å². The molecule has 1 aromatic rings. The maximum absolute atomic E-state index is 12.2. The van der Waals surface area contributed by atoms with Gasteiger partial charge in [-0.1, -0.05) is 19.3 Å². The van der Waals surface area contributed by atoms with Crippen molar-refractivity contribution in [2.24, 2.45) is 0 Å². The number of amides is 1. The minimum absolute atomic E-state index is 0.0144. The summed E-state index contributed by atoms with van der Waals surface area (Å²) in [5, 5.41) is 4.66. The van der Waals surface area contributed by atoms with Crippen molar-refractivity contribution in [2.45, 2.75) is 43.0 Å². The molecule has 0 bridgehead atoms. The van der Waals surface area contributed by atoms with E-state index in [2.05, 4.69) is 5.32 Å². The van der Waals surface area contributed by atoms with Gasteiger partial charge in [0.1, 0.15) is 9.88 Å². The lowest BCUT2D eigenvalue weighted by Crippen LogP contribution is -2.22. The molecule has 0 atom stereocenters. The summed E-state index contributed by atoms with van der Waals surface area (Å²) in [7, 11) is 3.52. The molecule has 0 aliphatic heterocycles. The molecule has 1 saturated carbocycles. The van der Waals surface area contributed by atoms with Gasteiger partial charge in [-0.05, 0) is 19.1 Å². The highest BCUT2D eigenvalue weighted by molar-refractivity contribution is 7.99. The van der Waals surface area contributed by atoms with Gasteiger partial charge in [0.15, 0.2) is 0 Å². The summed E-state index contributed by atoms with van der Waals surface area (Å²) in [6.45, 7) is 0. The van der Waals surface area contributed by atoms with Crippen LogP contribution in [0, 0.1) is 0 Å². The Bertz CT molecular complexity index is 479. The van der Waals surface area contributed by atoms with E-state index in [1.807, 2.05) is 6.26 Å². The SMILES string of the molecule is CSc1c(NC2CCCCC2)sc(C(=O)N(C)C)c1N. The lowest BCUT2D eigenvalue weighted by molar-refractivity contribution is 0.0833. The van der Waals surface area contributed by atoms with Gasteiger partial charge in [0.25, 0.3) is 5.91 Å². The topological polar surface area (TPSA) is 58.4 Å². The van der Waals surface area contributed by atoms with Gasteiger partial charge in [0.05, 0.1) is 10.6 Å². The van der Waals surface area contributed by atoms with E-state index in [1.165, 1.54) is 43.4 Å². The third-order valence-electron chi connectivity index (χ3n) is 3.64. The highest BCUT2D eigenvalue weighted by atomic mass is 32.2. The molecule has 1 amide bonds. The number of nitrogens with two attached hydrogens (primary N) is 1. The summed E-state index contributed by atoms with van der Waals surface area (Å²) in [6.07, 6.45) is 8.34. The maximum atomic E-state index is 12.2. The number of carbonyl (C=O) groups excluding carboxylic acids is 1. The Balaban J connectivity index is 2.23. The van der Waals surface area contributed by atoms with Gasteiger partial charge < -0.3 is 16.0 Å². The van der Waals surface area contributed by atoms with Crippen LogP contribution >= 0.6 is 23.1 Å². The quantitative estimate of drug-likeness (QED) is 0.835. The van der Waals surface area contributed by atoms with Crippen molar-refractivity contribution < 1.29 is 4.79 Å². The van der Waals surface area contributed by atoms with Crippen molar-refractivity contribution in [3.63, 3.8) is 0 Å². The summed E-state index contributed by atoms with van der Waals surface area (Å²) in [6, 6.07) is 0.523. The van der Waals surface area contributed by atoms with Crippen LogP contribution in [0.25, 0.3) is 0 Å². The molecule has 0 unspecified atom stereocenters. The van der Waals surface area contributed by atoms with Crippen LogP contribution in [0.1, 0.15) is 41.8 Å². The molecule has 0 spiro atoms. The van der Waals surface area contributed by atoms with Gasteiger partial charge in [0.2, 0.25) is 0 Å². The number of nitrogen functional groups attached to an aromatic ring is 1. The minimum atomic E-state index is -0.0144. The Kier molecular flexibility index (Phi) is 5.21. The summed E-state index contributed by atoms with van der Waals surface area (Å²) in [4.78, 5) is 15.4. The van der Waals surface area contributed by atoms with Crippen LogP contribution in [-0.4, -0.2) is 37.2 Å². The third kappa shape index (κ3) is 3.23. The van der Waals surface area contributed by atoms with Crippen molar-refractivity contribution in [1.82, 2.24) is 4.90 Å². The predicted molar refractivity (Wildman–Crippen MR) is 89.0 cm³/mol. The highest BCUT2D eigenvalue weighted by Crippen LogP contribution is 2.43. The molecular formula is C14H23N3OS2. The number of anilines is 2. The number of nitrogens with one attached hydrogen (secondary N) is 1. The monoisotopic (exact) mass is 313 g/mol. The number of nitrogens with zero attached hydrogens (tertiary/aromatic N) is 1. The number of thioether (sulfide) groups is 1. The molecule has 20 heavy (non-hydrogen) atoms. The second-order valence-electron chi connectivity index (χ2n) is 5.39. The smallest absolute Gasteiger partial charge is 0.265 e. The zero-order valence-electron chi connectivity index (χ0n) is 12.4. The molecule has 1 fully saturated rings. The van der Waals surface area contributed by atoms with Crippen molar-refractivity contribution in [1.29, 1.82) is 0 Å². The van der Waals surface area contributed by atoms with Gasteiger partial charge >= 0.3 is 0 Å². The van der Waals surface area contributed by atoms with E-state index >= 15 is 0 Å². The van der Waals surface area contributed by atoms with E-state index < -0.39 is 0 Å². The Morgan fingerprint density at radius 2 is 2.00 bits per heavy atom. The molecule has 1 heterocycles. The zero-order valence-corrected chi connectivity index (χ0v) is 14.0. The first-order valence-corrected chi connectivity index (χ1v) is 9.03. The summed E-state index contributed by atoms with van der Waals surface area (Å²) in [5.74, 6) is -0.0144. The van der Waals surface area contributed by atoms with Crippen LogP contribution in [0.4, 0.5) is 10.7 Å². The van der Waals surface area contributed by atoms with Gasteiger partial charge in [-0.3, -0.25) is 4.79 Å². The number of rotatable bonds is 4. The molecule has 0 radical (unpaired) electrons. The summed E-state index contributed by atoms with van der Waals surface area (Å²) in [5.41, 5.74) is 6.79. The van der Waals surface area contributed by atoms with Gasteiger partial charge in [-0.25, -0.2) is 0 Å². The van der Waals surface area contributed by atoms with E-state index in [1.54, 1.807) is 30.8 Å². The Hall–Kier alpha value is -0.880. The van der Waals surface area contributed by atoms with E-state index in [0.29, 0.717) is 16.6 Å². The number of carbonyl (C=O) groups is 1. The number of hydrogen-bond acceptors (Lipinski definition) is 5. The van der Waals surface area contributed by atoms with Crippen LogP contribution < -0.4 is 11.1 Å². The molecule has 4 nitrogen and oxygen atoms in total. The fourth-order valence-electron chi connectivity index (χ4n) is 2.52. The highest BCUT2D eigenvalue weighted by Gasteiger charge is 2.23. The fraction of sp³-hybridized carbons (Fsp3) is 0.643. The van der Waals surface area contributed by atoms with Crippen LogP contribution in [0.15, 0.2) is 4.90 Å². The second-order valence-corrected chi connectivity index (χ2v) is 7.22. The van der Waals surface area contributed by atoms with Gasteiger partial charge in [-0.2, -0.15) is 0 Å². The Labute approximate surface area is 129 Å². The molecule has 6 heteroatoms. The molecule has 0 saturated heterocycles. The van der Waals surface area contributed by atoms with Crippen molar-refractivity contribution in [3.05, 3.63) is 4.88 Å². The van der Waals surface area contributed by atoms with Gasteiger partial charge in [0, 0.05) is 20.1 Å². The summed E-state index contributed by atoms with van der Waals surface area (Å²) < 4.78 is 0. The third-order valence-corrected chi connectivity index (χ3v) is 5.73. The standard InChI is InChI=1S/C14H23N3OS2/c1-17(2)14(18)12-10(15)11(19-3)13(20-12)16-9-7-5-4-6-8-9/h9,16H,4-8,15H2,1-3H3. The number of thiophene rings is 1. The fourth-order valence-corrected chi connectivity index (χ4v) is 4.64. The molecule has 0 aromatic carbocycles. The Morgan fingerprint density at radius 1 is 1.35 bits per heavy atom. The normalized spacial score (nSPS) is 16.1. The van der Waals surface area contributed by atoms with Crippen LogP contribution in [0.2, 0.25) is 0 Å². The van der Waals surface area contributed by atoms with E-state index in [0.717, 1.165) is 9.90 Å². The average Bonchev–Trinajstić information content (AvgIpc) is 2.75.